The van der Waals surface area contributed by atoms with E-state index in [9.17, 15) is 9.59 Å². The summed E-state index contributed by atoms with van der Waals surface area (Å²) in [5, 5.41) is 5.73. The minimum absolute atomic E-state index is 0.0470. The van der Waals surface area contributed by atoms with Crippen LogP contribution >= 0.6 is 0 Å². The van der Waals surface area contributed by atoms with Gasteiger partial charge in [0.2, 0.25) is 0 Å². The van der Waals surface area contributed by atoms with Crippen LogP contribution in [-0.2, 0) is 9.59 Å². The number of hydrogen-bond donors (Lipinski definition) is 2. The minimum atomic E-state index is -0.450. The van der Waals surface area contributed by atoms with E-state index in [0.717, 1.165) is 22.3 Å². The molecule has 0 spiro atoms. The van der Waals surface area contributed by atoms with Gasteiger partial charge in [0.25, 0.3) is 11.8 Å². The van der Waals surface area contributed by atoms with Crippen molar-refractivity contribution in [3.8, 4) is 0 Å². The summed E-state index contributed by atoms with van der Waals surface area (Å²) < 4.78 is 0. The van der Waals surface area contributed by atoms with E-state index in [1.807, 2.05) is 93.6 Å². The van der Waals surface area contributed by atoms with Gasteiger partial charge in [-0.1, -0.05) is 60.7 Å². The van der Waals surface area contributed by atoms with E-state index in [1.165, 1.54) is 0 Å². The molecule has 0 aliphatic rings. The molecule has 3 aromatic rings. The molecule has 0 aliphatic carbocycles. The molecule has 0 atom stereocenters. The lowest BCUT2D eigenvalue weighted by Gasteiger charge is -2.13. The van der Waals surface area contributed by atoms with Gasteiger partial charge in [0.05, 0.1) is 0 Å². The molecule has 4 nitrogen and oxygen atoms in total. The summed E-state index contributed by atoms with van der Waals surface area (Å²) >= 11 is 0. The molecule has 0 heterocycles. The van der Waals surface area contributed by atoms with Gasteiger partial charge in [-0.25, -0.2) is 0 Å². The van der Waals surface area contributed by atoms with Gasteiger partial charge >= 0.3 is 0 Å². The fraction of sp³-hybridized carbons (Fsp3) is 0.120. The van der Waals surface area contributed by atoms with Crippen molar-refractivity contribution in [1.29, 1.82) is 0 Å². The quantitative estimate of drug-likeness (QED) is 0.357. The summed E-state index contributed by atoms with van der Waals surface area (Å²) in [7, 11) is 0. The van der Waals surface area contributed by atoms with E-state index >= 15 is 0 Å². The van der Waals surface area contributed by atoms with Crippen molar-refractivity contribution in [1.82, 2.24) is 0 Å². The van der Waals surface area contributed by atoms with Crippen LogP contribution in [0.2, 0.25) is 0 Å². The van der Waals surface area contributed by atoms with Crippen molar-refractivity contribution in [3.05, 3.63) is 101 Å². The summed E-state index contributed by atoms with van der Waals surface area (Å²) in [5.74, 6) is -0.901. The molecule has 0 bridgehead atoms. The standard InChI is InChI=1S/C25H24N2O2/c1-17-10-4-7-13-20(17)16-21(24(28)26-22-14-8-5-11-18(22)2)25(29)27-23-15-9-6-12-19(23)3/h4-16H,1-3H3,(H,26,28)(H,27,29). The Labute approximate surface area is 171 Å². The monoisotopic (exact) mass is 384 g/mol. The third-order valence-electron chi connectivity index (χ3n) is 4.76. The third-order valence-corrected chi connectivity index (χ3v) is 4.76. The Morgan fingerprint density at radius 1 is 0.621 bits per heavy atom. The number of para-hydroxylation sites is 2. The Kier molecular flexibility index (Phi) is 6.25. The Morgan fingerprint density at radius 2 is 1.03 bits per heavy atom. The lowest BCUT2D eigenvalue weighted by molar-refractivity contribution is -0.118. The van der Waals surface area contributed by atoms with Crippen molar-refractivity contribution >= 4 is 29.3 Å². The minimum Gasteiger partial charge on any atom is -0.322 e. The number of aryl methyl sites for hydroxylation is 3. The van der Waals surface area contributed by atoms with E-state index in [-0.39, 0.29) is 5.57 Å². The average molecular weight is 384 g/mol. The van der Waals surface area contributed by atoms with Crippen molar-refractivity contribution in [3.63, 3.8) is 0 Å². The van der Waals surface area contributed by atoms with Gasteiger partial charge in [-0.2, -0.15) is 0 Å². The summed E-state index contributed by atoms with van der Waals surface area (Å²) in [4.78, 5) is 26.1. The number of benzene rings is 3. The molecule has 0 aliphatic heterocycles. The Hall–Kier alpha value is -3.66. The average Bonchev–Trinajstić information content (AvgIpc) is 2.70. The highest BCUT2D eigenvalue weighted by atomic mass is 16.2. The zero-order valence-electron chi connectivity index (χ0n) is 16.8. The molecule has 3 rings (SSSR count). The molecule has 0 saturated heterocycles. The first-order valence-electron chi connectivity index (χ1n) is 9.47. The first-order chi connectivity index (χ1) is 14.0. The lowest BCUT2D eigenvalue weighted by atomic mass is 10.0. The molecule has 0 saturated carbocycles. The van der Waals surface area contributed by atoms with Gasteiger partial charge < -0.3 is 10.6 Å². The number of amides is 2. The highest BCUT2D eigenvalue weighted by Crippen LogP contribution is 2.19. The van der Waals surface area contributed by atoms with E-state index in [2.05, 4.69) is 10.6 Å². The number of carbonyl (C=O) groups is 2. The maximum absolute atomic E-state index is 13.1. The highest BCUT2D eigenvalue weighted by Gasteiger charge is 2.20. The van der Waals surface area contributed by atoms with Crippen LogP contribution < -0.4 is 10.6 Å². The van der Waals surface area contributed by atoms with Crippen LogP contribution in [0, 0.1) is 20.8 Å². The van der Waals surface area contributed by atoms with E-state index in [0.29, 0.717) is 11.4 Å². The zero-order valence-corrected chi connectivity index (χ0v) is 16.8. The summed E-state index contributed by atoms with van der Waals surface area (Å²) in [6.45, 7) is 5.77. The molecule has 4 heteroatoms. The van der Waals surface area contributed by atoms with Gasteiger partial charge in [0.1, 0.15) is 5.57 Å². The summed E-state index contributed by atoms with van der Waals surface area (Å²) in [6.07, 6.45) is 1.64. The molecule has 0 aromatic heterocycles. The fourth-order valence-corrected chi connectivity index (χ4v) is 2.94. The maximum atomic E-state index is 13.1. The van der Waals surface area contributed by atoms with Crippen molar-refractivity contribution < 1.29 is 9.59 Å². The zero-order chi connectivity index (χ0) is 20.8. The second-order valence-electron chi connectivity index (χ2n) is 6.95. The van der Waals surface area contributed by atoms with E-state index < -0.39 is 11.8 Å². The highest BCUT2D eigenvalue weighted by molar-refractivity contribution is 6.29. The number of anilines is 2. The van der Waals surface area contributed by atoms with Crippen LogP contribution in [0.15, 0.2) is 78.4 Å². The number of rotatable bonds is 5. The van der Waals surface area contributed by atoms with Crippen LogP contribution in [0.4, 0.5) is 11.4 Å². The first-order valence-corrected chi connectivity index (χ1v) is 9.47. The van der Waals surface area contributed by atoms with Crippen LogP contribution in [-0.4, -0.2) is 11.8 Å². The second kappa shape index (κ2) is 9.02. The molecular weight excluding hydrogens is 360 g/mol. The molecule has 3 aromatic carbocycles. The topological polar surface area (TPSA) is 58.2 Å². The molecule has 0 unspecified atom stereocenters. The molecule has 2 N–H and O–H groups in total. The van der Waals surface area contributed by atoms with E-state index in [4.69, 9.17) is 0 Å². The number of carbonyl (C=O) groups excluding carboxylic acids is 2. The Bertz CT molecular complexity index is 1020. The van der Waals surface area contributed by atoms with Crippen LogP contribution in [0.25, 0.3) is 6.08 Å². The van der Waals surface area contributed by atoms with Crippen molar-refractivity contribution in [2.45, 2.75) is 20.8 Å². The van der Waals surface area contributed by atoms with Gasteiger partial charge in [-0.3, -0.25) is 9.59 Å². The predicted octanol–water partition coefficient (Wildman–Crippen LogP) is 5.27. The molecule has 29 heavy (non-hydrogen) atoms. The fourth-order valence-electron chi connectivity index (χ4n) is 2.94. The number of hydrogen-bond acceptors (Lipinski definition) is 2. The molecule has 2 amide bonds. The van der Waals surface area contributed by atoms with E-state index in [1.54, 1.807) is 6.08 Å². The molecular formula is C25H24N2O2. The van der Waals surface area contributed by atoms with Crippen LogP contribution in [0.3, 0.4) is 0 Å². The summed E-state index contributed by atoms with van der Waals surface area (Å²) in [6, 6.07) is 22.6. The van der Waals surface area contributed by atoms with Gasteiger partial charge in [0.15, 0.2) is 0 Å². The van der Waals surface area contributed by atoms with Gasteiger partial charge in [-0.05, 0) is 61.2 Å². The first kappa shape index (κ1) is 20.1. The smallest absolute Gasteiger partial charge is 0.261 e. The molecule has 146 valence electrons. The SMILES string of the molecule is Cc1ccccc1C=C(C(=O)Nc1ccccc1C)C(=O)Nc1ccccc1C. The molecule has 0 fully saturated rings. The Morgan fingerprint density at radius 3 is 1.48 bits per heavy atom. The maximum Gasteiger partial charge on any atom is 0.261 e. The van der Waals surface area contributed by atoms with Crippen LogP contribution in [0.5, 0.6) is 0 Å². The largest absolute Gasteiger partial charge is 0.322 e. The van der Waals surface area contributed by atoms with Crippen molar-refractivity contribution in [2.75, 3.05) is 10.6 Å². The normalized spacial score (nSPS) is 10.2. The van der Waals surface area contributed by atoms with Gasteiger partial charge in [-0.15, -0.1) is 0 Å². The summed E-state index contributed by atoms with van der Waals surface area (Å²) in [5.41, 5.74) is 5.06. The predicted molar refractivity (Wildman–Crippen MR) is 119 cm³/mol. The van der Waals surface area contributed by atoms with Crippen LogP contribution in [0.1, 0.15) is 22.3 Å². The molecule has 0 radical (unpaired) electrons. The second-order valence-corrected chi connectivity index (χ2v) is 6.95. The number of nitrogens with one attached hydrogen (secondary N) is 2. The van der Waals surface area contributed by atoms with Gasteiger partial charge in [0, 0.05) is 11.4 Å². The van der Waals surface area contributed by atoms with Crippen molar-refractivity contribution in [2.24, 2.45) is 0 Å². The third kappa shape index (κ3) is 4.99. The Balaban J connectivity index is 1.96. The lowest BCUT2D eigenvalue weighted by Crippen LogP contribution is -2.26.